The molecule has 0 atom stereocenters. The van der Waals surface area contributed by atoms with Crippen molar-refractivity contribution in [3.8, 4) is 22.3 Å². The largest absolute Gasteiger partial charge is 0.424 e. The van der Waals surface area contributed by atoms with E-state index in [1.807, 2.05) is 36.7 Å². The van der Waals surface area contributed by atoms with E-state index in [2.05, 4.69) is 125 Å². The van der Waals surface area contributed by atoms with E-state index in [0.717, 1.165) is 23.0 Å². The van der Waals surface area contributed by atoms with Gasteiger partial charge in [0.1, 0.15) is 11.6 Å². The van der Waals surface area contributed by atoms with Gasteiger partial charge in [-0.2, -0.15) is 0 Å². The van der Waals surface area contributed by atoms with Crippen molar-refractivity contribution in [1.82, 2.24) is 9.97 Å². The van der Waals surface area contributed by atoms with E-state index in [1.165, 1.54) is 27.7 Å². The topological polar surface area (TPSA) is 32.3 Å². The first-order chi connectivity index (χ1) is 19.4. The van der Waals surface area contributed by atoms with Crippen molar-refractivity contribution in [3.63, 3.8) is 0 Å². The normalized spacial score (nSPS) is 12.5. The highest BCUT2D eigenvalue weighted by molar-refractivity contribution is 6.86. The van der Waals surface area contributed by atoms with Crippen LogP contribution in [0.15, 0.2) is 152 Å². The van der Waals surface area contributed by atoms with Crippen LogP contribution in [-0.2, 0) is 0 Å². The predicted octanol–water partition coefficient (Wildman–Crippen LogP) is 7.50. The standard InChI is InChI=1S/C34H25BN4/c1-3-14-26(15-4-1)28-18-13-19-29(27-16-5-2-6-17-27)34(28)35-38(32-22-9-11-24-36-32)30-20-7-8-21-31(30)39(35)33-23-10-12-25-37-33/h1-25H. The first-order valence-corrected chi connectivity index (χ1v) is 13.1. The van der Waals surface area contributed by atoms with E-state index < -0.39 is 0 Å². The van der Waals surface area contributed by atoms with Crippen molar-refractivity contribution in [2.75, 3.05) is 9.62 Å². The van der Waals surface area contributed by atoms with Crippen molar-refractivity contribution in [2.24, 2.45) is 0 Å². The Hall–Kier alpha value is -5.16. The molecule has 0 unspecified atom stereocenters. The van der Waals surface area contributed by atoms with Gasteiger partial charge in [-0.05, 0) is 64.1 Å². The minimum absolute atomic E-state index is 0.237. The molecule has 184 valence electrons. The van der Waals surface area contributed by atoms with E-state index in [-0.39, 0.29) is 6.98 Å². The fourth-order valence-electron chi connectivity index (χ4n) is 5.58. The molecule has 0 spiro atoms. The van der Waals surface area contributed by atoms with Gasteiger partial charge in [-0.1, -0.05) is 103 Å². The fourth-order valence-corrected chi connectivity index (χ4v) is 5.58. The molecular formula is C34H25BN4. The van der Waals surface area contributed by atoms with Crippen LogP contribution in [-0.4, -0.2) is 17.0 Å². The third kappa shape index (κ3) is 4.05. The Morgan fingerprint density at radius 1 is 0.410 bits per heavy atom. The second kappa shape index (κ2) is 9.95. The maximum absolute atomic E-state index is 4.85. The highest BCUT2D eigenvalue weighted by Crippen LogP contribution is 2.46. The van der Waals surface area contributed by atoms with Gasteiger partial charge in [0.15, 0.2) is 0 Å². The van der Waals surface area contributed by atoms with Crippen LogP contribution < -0.4 is 15.1 Å². The molecule has 0 saturated heterocycles. The molecule has 3 heterocycles. The quantitative estimate of drug-likeness (QED) is 0.230. The van der Waals surface area contributed by atoms with Gasteiger partial charge in [0.25, 0.3) is 0 Å². The molecular weight excluding hydrogens is 475 g/mol. The van der Waals surface area contributed by atoms with Crippen molar-refractivity contribution in [1.29, 1.82) is 0 Å². The van der Waals surface area contributed by atoms with Gasteiger partial charge in [-0.15, -0.1) is 0 Å². The maximum atomic E-state index is 4.85. The van der Waals surface area contributed by atoms with Gasteiger partial charge in [0, 0.05) is 12.4 Å². The Bertz CT molecular complexity index is 1590. The summed E-state index contributed by atoms with van der Waals surface area (Å²) in [7, 11) is 0. The molecule has 7 rings (SSSR count). The lowest BCUT2D eigenvalue weighted by Crippen LogP contribution is -2.54. The van der Waals surface area contributed by atoms with E-state index in [9.17, 15) is 0 Å². The highest BCUT2D eigenvalue weighted by atomic mass is 15.3. The number of para-hydroxylation sites is 2. The number of aromatic nitrogens is 2. The second-order valence-corrected chi connectivity index (χ2v) is 9.48. The molecule has 6 aromatic rings. The molecule has 5 heteroatoms. The molecule has 0 N–H and O–H groups in total. The van der Waals surface area contributed by atoms with E-state index >= 15 is 0 Å². The second-order valence-electron chi connectivity index (χ2n) is 9.48. The van der Waals surface area contributed by atoms with Crippen LogP contribution >= 0.6 is 0 Å². The molecule has 1 aliphatic heterocycles. The van der Waals surface area contributed by atoms with E-state index in [0.29, 0.717) is 0 Å². The molecule has 2 aromatic heterocycles. The molecule has 0 amide bonds. The monoisotopic (exact) mass is 500 g/mol. The predicted molar refractivity (Wildman–Crippen MR) is 162 cm³/mol. The minimum Gasteiger partial charge on any atom is -0.344 e. The van der Waals surface area contributed by atoms with Gasteiger partial charge in [-0.25, -0.2) is 9.97 Å². The van der Waals surface area contributed by atoms with E-state index in [1.54, 1.807) is 0 Å². The van der Waals surface area contributed by atoms with Gasteiger partial charge in [0.05, 0.1) is 11.4 Å². The molecule has 4 aromatic carbocycles. The van der Waals surface area contributed by atoms with Crippen LogP contribution in [0.25, 0.3) is 22.3 Å². The number of pyridine rings is 2. The number of fused-ring (bicyclic) bond motifs is 1. The van der Waals surface area contributed by atoms with Crippen LogP contribution in [0.5, 0.6) is 0 Å². The average molecular weight is 500 g/mol. The Morgan fingerprint density at radius 2 is 0.846 bits per heavy atom. The van der Waals surface area contributed by atoms with Crippen LogP contribution in [0, 0.1) is 0 Å². The zero-order chi connectivity index (χ0) is 26.0. The Labute approximate surface area is 229 Å². The third-order valence-electron chi connectivity index (χ3n) is 7.22. The third-order valence-corrected chi connectivity index (χ3v) is 7.22. The molecule has 0 radical (unpaired) electrons. The van der Waals surface area contributed by atoms with Crippen molar-refractivity contribution >= 4 is 35.5 Å². The lowest BCUT2D eigenvalue weighted by molar-refractivity contribution is 1.23. The van der Waals surface area contributed by atoms with Gasteiger partial charge in [0.2, 0.25) is 0 Å². The summed E-state index contributed by atoms with van der Waals surface area (Å²) in [5.41, 5.74) is 8.07. The molecule has 0 aliphatic carbocycles. The first-order valence-electron chi connectivity index (χ1n) is 13.1. The van der Waals surface area contributed by atoms with Crippen LogP contribution in [0.2, 0.25) is 0 Å². The van der Waals surface area contributed by atoms with Crippen molar-refractivity contribution in [2.45, 2.75) is 0 Å². The minimum atomic E-state index is -0.237. The Balaban J connectivity index is 1.58. The molecule has 1 aliphatic rings. The molecule has 0 saturated carbocycles. The molecule has 0 fully saturated rings. The van der Waals surface area contributed by atoms with Crippen molar-refractivity contribution < 1.29 is 0 Å². The number of benzene rings is 4. The summed E-state index contributed by atoms with van der Waals surface area (Å²) in [6, 6.07) is 48.6. The fraction of sp³-hybridized carbons (Fsp3) is 0. The summed E-state index contributed by atoms with van der Waals surface area (Å²) in [4.78, 5) is 14.4. The van der Waals surface area contributed by atoms with Crippen LogP contribution in [0.4, 0.5) is 23.0 Å². The zero-order valence-corrected chi connectivity index (χ0v) is 21.3. The van der Waals surface area contributed by atoms with Gasteiger partial charge >= 0.3 is 6.98 Å². The van der Waals surface area contributed by atoms with Gasteiger partial charge in [-0.3, -0.25) is 0 Å². The number of rotatable bonds is 5. The van der Waals surface area contributed by atoms with E-state index in [4.69, 9.17) is 9.97 Å². The summed E-state index contributed by atoms with van der Waals surface area (Å²) < 4.78 is 0. The Morgan fingerprint density at radius 3 is 1.28 bits per heavy atom. The molecule has 0 bridgehead atoms. The van der Waals surface area contributed by atoms with Crippen LogP contribution in [0.1, 0.15) is 0 Å². The maximum Gasteiger partial charge on any atom is 0.424 e. The lowest BCUT2D eigenvalue weighted by atomic mass is 9.59. The summed E-state index contributed by atoms with van der Waals surface area (Å²) in [6.45, 7) is -0.237. The Kier molecular flexibility index (Phi) is 5.87. The summed E-state index contributed by atoms with van der Waals surface area (Å²) >= 11 is 0. The lowest BCUT2D eigenvalue weighted by Gasteiger charge is -2.31. The van der Waals surface area contributed by atoms with Gasteiger partial charge < -0.3 is 9.62 Å². The smallest absolute Gasteiger partial charge is 0.344 e. The summed E-state index contributed by atoms with van der Waals surface area (Å²) in [5.74, 6) is 1.77. The summed E-state index contributed by atoms with van der Waals surface area (Å²) in [6.07, 6.45) is 3.72. The van der Waals surface area contributed by atoms with Crippen LogP contribution in [0.3, 0.4) is 0 Å². The number of nitrogens with zero attached hydrogens (tertiary/aromatic N) is 4. The number of hydrogen-bond acceptors (Lipinski definition) is 4. The summed E-state index contributed by atoms with van der Waals surface area (Å²) in [5, 5.41) is 0. The number of hydrogen-bond donors (Lipinski definition) is 0. The zero-order valence-electron chi connectivity index (χ0n) is 21.3. The molecule has 39 heavy (non-hydrogen) atoms. The highest BCUT2D eigenvalue weighted by Gasteiger charge is 2.46. The SMILES string of the molecule is c1ccc(-c2cccc(-c3ccccc3)c2B2N(c3ccccn3)c3ccccc3N2c2ccccn2)cc1. The number of anilines is 4. The molecule has 4 nitrogen and oxygen atoms in total. The van der Waals surface area contributed by atoms with Crippen molar-refractivity contribution in [3.05, 3.63) is 152 Å². The average Bonchev–Trinajstić information content (AvgIpc) is 3.37. The first kappa shape index (κ1) is 23.0.